The Morgan fingerprint density at radius 3 is 1.02 bits per heavy atom. The molecule has 0 saturated carbocycles. The summed E-state index contributed by atoms with van der Waals surface area (Å²) in [6.07, 6.45) is 47.3. The van der Waals surface area contributed by atoms with Crippen LogP contribution in [-0.4, -0.2) is 37.2 Å². The minimum Gasteiger partial charge on any atom is -0.462 e. The predicted octanol–water partition coefficient (Wildman–Crippen LogP) is 14.8. The van der Waals surface area contributed by atoms with Crippen LogP contribution in [0.25, 0.3) is 0 Å². The maximum absolute atomic E-state index is 12.7. The maximum atomic E-state index is 12.7. The molecule has 54 heavy (non-hydrogen) atoms. The number of unbranched alkanes of at least 4 members (excludes halogenated alkanes) is 27. The van der Waals surface area contributed by atoms with Crippen molar-refractivity contribution >= 4 is 17.9 Å². The van der Waals surface area contributed by atoms with Gasteiger partial charge in [-0.3, -0.25) is 14.4 Å². The Balaban J connectivity index is 4.36. The number of carbonyl (C=O) groups excluding carboxylic acids is 3. The number of esters is 3. The molecular weight excluding hydrogens is 673 g/mol. The maximum Gasteiger partial charge on any atom is 0.306 e. The van der Waals surface area contributed by atoms with E-state index in [1.54, 1.807) is 0 Å². The Hall–Kier alpha value is -2.11. The Morgan fingerprint density at radius 2 is 0.648 bits per heavy atom. The van der Waals surface area contributed by atoms with Gasteiger partial charge in [0.15, 0.2) is 6.10 Å². The number of hydrogen-bond acceptors (Lipinski definition) is 6. The standard InChI is InChI=1S/C48H88O6/c1-4-7-10-13-16-19-22-24-26-29-32-35-38-41-47(50)53-44-45(43-52-46(49)40-37-34-31-28-21-18-15-12-9-6-3)54-48(51)42-39-36-33-30-27-25-23-20-17-14-11-8-5-2/h12,15,19,22,45H,4-11,13-14,16-18,20-21,23-44H2,1-3H3/b15-12-,22-19-. The van der Waals surface area contributed by atoms with E-state index in [-0.39, 0.29) is 31.1 Å². The third-order valence-electron chi connectivity index (χ3n) is 10.2. The lowest BCUT2D eigenvalue weighted by Gasteiger charge is -2.18. The lowest BCUT2D eigenvalue weighted by molar-refractivity contribution is -0.167. The summed E-state index contributed by atoms with van der Waals surface area (Å²) in [6, 6.07) is 0. The zero-order valence-corrected chi connectivity index (χ0v) is 36.0. The lowest BCUT2D eigenvalue weighted by Crippen LogP contribution is -2.30. The highest BCUT2D eigenvalue weighted by Gasteiger charge is 2.19. The quantitative estimate of drug-likeness (QED) is 0.0267. The molecule has 0 aromatic heterocycles. The largest absolute Gasteiger partial charge is 0.462 e. The third-order valence-corrected chi connectivity index (χ3v) is 10.2. The molecule has 0 fully saturated rings. The molecule has 0 rings (SSSR count). The van der Waals surface area contributed by atoms with Crippen molar-refractivity contribution in [2.24, 2.45) is 0 Å². The summed E-state index contributed by atoms with van der Waals surface area (Å²) in [6.45, 7) is 6.55. The minimum absolute atomic E-state index is 0.0755. The van der Waals surface area contributed by atoms with Crippen molar-refractivity contribution in [1.82, 2.24) is 0 Å². The summed E-state index contributed by atoms with van der Waals surface area (Å²) in [5.41, 5.74) is 0. The van der Waals surface area contributed by atoms with Crippen molar-refractivity contribution in [3.8, 4) is 0 Å². The van der Waals surface area contributed by atoms with E-state index in [4.69, 9.17) is 14.2 Å². The van der Waals surface area contributed by atoms with Gasteiger partial charge in [0, 0.05) is 19.3 Å². The highest BCUT2D eigenvalue weighted by Crippen LogP contribution is 2.15. The van der Waals surface area contributed by atoms with E-state index in [1.165, 1.54) is 128 Å². The molecule has 1 atom stereocenters. The second-order valence-electron chi connectivity index (χ2n) is 15.7. The minimum atomic E-state index is -0.771. The Kier molecular flexibility index (Phi) is 41.9. The van der Waals surface area contributed by atoms with E-state index in [9.17, 15) is 14.4 Å². The van der Waals surface area contributed by atoms with Crippen LogP contribution in [0.5, 0.6) is 0 Å². The van der Waals surface area contributed by atoms with Gasteiger partial charge in [-0.25, -0.2) is 0 Å². The molecular formula is C48H88O6. The van der Waals surface area contributed by atoms with Gasteiger partial charge >= 0.3 is 17.9 Å². The SMILES string of the molecule is CCC/C=C\CCCCCCCC(=O)OCC(COC(=O)CCCCCCC/C=C\CCCCCC)OC(=O)CCCCCCCCCCCCCCC. The third kappa shape index (κ3) is 41.1. The molecule has 0 heterocycles. The Labute approximate surface area is 334 Å². The second-order valence-corrected chi connectivity index (χ2v) is 15.7. The van der Waals surface area contributed by atoms with Gasteiger partial charge in [-0.05, 0) is 64.2 Å². The molecule has 0 radical (unpaired) electrons. The van der Waals surface area contributed by atoms with E-state index < -0.39 is 6.10 Å². The Morgan fingerprint density at radius 1 is 0.352 bits per heavy atom. The molecule has 0 saturated heterocycles. The van der Waals surface area contributed by atoms with Crippen molar-refractivity contribution in [2.45, 2.75) is 252 Å². The molecule has 0 amide bonds. The van der Waals surface area contributed by atoms with Gasteiger partial charge in [0.1, 0.15) is 13.2 Å². The fraction of sp³-hybridized carbons (Fsp3) is 0.854. The summed E-state index contributed by atoms with van der Waals surface area (Å²) < 4.78 is 16.7. The van der Waals surface area contributed by atoms with Gasteiger partial charge in [-0.2, -0.15) is 0 Å². The first-order chi connectivity index (χ1) is 26.5. The summed E-state index contributed by atoms with van der Waals surface area (Å²) in [5.74, 6) is -0.888. The van der Waals surface area contributed by atoms with Crippen LogP contribution >= 0.6 is 0 Å². The Bertz CT molecular complexity index is 880. The molecule has 6 heteroatoms. The zero-order valence-electron chi connectivity index (χ0n) is 36.0. The fourth-order valence-electron chi connectivity index (χ4n) is 6.61. The van der Waals surface area contributed by atoms with Crippen molar-refractivity contribution < 1.29 is 28.6 Å². The molecule has 0 aliphatic rings. The average Bonchev–Trinajstić information content (AvgIpc) is 3.17. The highest BCUT2D eigenvalue weighted by molar-refractivity contribution is 5.71. The average molecular weight is 761 g/mol. The highest BCUT2D eigenvalue weighted by atomic mass is 16.6. The summed E-state index contributed by atoms with van der Waals surface area (Å²) in [7, 11) is 0. The topological polar surface area (TPSA) is 78.9 Å². The van der Waals surface area contributed by atoms with Gasteiger partial charge in [-0.1, -0.05) is 186 Å². The first kappa shape index (κ1) is 51.9. The van der Waals surface area contributed by atoms with Crippen LogP contribution < -0.4 is 0 Å². The molecule has 0 aliphatic heterocycles. The van der Waals surface area contributed by atoms with Crippen molar-refractivity contribution in [2.75, 3.05) is 13.2 Å². The lowest BCUT2D eigenvalue weighted by atomic mass is 10.0. The number of rotatable bonds is 42. The van der Waals surface area contributed by atoms with Crippen LogP contribution in [0.3, 0.4) is 0 Å². The van der Waals surface area contributed by atoms with Crippen LogP contribution in [-0.2, 0) is 28.6 Å². The summed E-state index contributed by atoms with van der Waals surface area (Å²) in [5, 5.41) is 0. The van der Waals surface area contributed by atoms with Gasteiger partial charge in [0.05, 0.1) is 0 Å². The van der Waals surface area contributed by atoms with E-state index in [0.717, 1.165) is 77.0 Å². The van der Waals surface area contributed by atoms with Gasteiger partial charge in [0.2, 0.25) is 0 Å². The fourth-order valence-corrected chi connectivity index (χ4v) is 6.61. The number of ether oxygens (including phenoxy) is 3. The molecule has 1 unspecified atom stereocenters. The number of carbonyl (C=O) groups is 3. The van der Waals surface area contributed by atoms with Crippen LogP contribution in [0.15, 0.2) is 24.3 Å². The van der Waals surface area contributed by atoms with Crippen LogP contribution in [0.1, 0.15) is 245 Å². The van der Waals surface area contributed by atoms with Crippen LogP contribution in [0.4, 0.5) is 0 Å². The summed E-state index contributed by atoms with van der Waals surface area (Å²) in [4.78, 5) is 37.7. The molecule has 0 aliphatic carbocycles. The van der Waals surface area contributed by atoms with Gasteiger partial charge < -0.3 is 14.2 Å². The molecule has 0 bridgehead atoms. The molecule has 0 aromatic carbocycles. The predicted molar refractivity (Wildman–Crippen MR) is 229 cm³/mol. The number of allylic oxidation sites excluding steroid dienone is 4. The number of hydrogen-bond donors (Lipinski definition) is 0. The first-order valence-electron chi connectivity index (χ1n) is 23.3. The van der Waals surface area contributed by atoms with Crippen LogP contribution in [0, 0.1) is 0 Å². The van der Waals surface area contributed by atoms with Gasteiger partial charge in [0.25, 0.3) is 0 Å². The molecule has 316 valence electrons. The molecule has 6 nitrogen and oxygen atoms in total. The van der Waals surface area contributed by atoms with Crippen molar-refractivity contribution in [3.63, 3.8) is 0 Å². The first-order valence-corrected chi connectivity index (χ1v) is 23.3. The second kappa shape index (κ2) is 43.6. The molecule has 0 aromatic rings. The zero-order chi connectivity index (χ0) is 39.4. The molecule has 0 N–H and O–H groups in total. The van der Waals surface area contributed by atoms with Crippen LogP contribution in [0.2, 0.25) is 0 Å². The smallest absolute Gasteiger partial charge is 0.306 e. The monoisotopic (exact) mass is 761 g/mol. The van der Waals surface area contributed by atoms with Crippen molar-refractivity contribution in [3.05, 3.63) is 24.3 Å². The van der Waals surface area contributed by atoms with E-state index >= 15 is 0 Å². The van der Waals surface area contributed by atoms with E-state index in [1.807, 2.05) is 0 Å². The molecule has 0 spiro atoms. The van der Waals surface area contributed by atoms with Crippen molar-refractivity contribution in [1.29, 1.82) is 0 Å². The van der Waals surface area contributed by atoms with E-state index in [2.05, 4.69) is 45.1 Å². The normalized spacial score (nSPS) is 12.1. The van der Waals surface area contributed by atoms with E-state index in [0.29, 0.717) is 19.3 Å². The summed E-state index contributed by atoms with van der Waals surface area (Å²) >= 11 is 0. The van der Waals surface area contributed by atoms with Gasteiger partial charge in [-0.15, -0.1) is 0 Å².